The van der Waals surface area contributed by atoms with Crippen LogP contribution in [-0.2, 0) is 29.0 Å². The van der Waals surface area contributed by atoms with E-state index in [1.54, 1.807) is 12.1 Å². The summed E-state index contributed by atoms with van der Waals surface area (Å²) in [6.07, 6.45) is 2.42. The first-order chi connectivity index (χ1) is 19.1. The molecule has 0 spiro atoms. The summed E-state index contributed by atoms with van der Waals surface area (Å²) in [5, 5.41) is 19.5. The summed E-state index contributed by atoms with van der Waals surface area (Å²) < 4.78 is 5.30. The Kier molecular flexibility index (Phi) is 11.0. The minimum Gasteiger partial charge on any atom is -0.508 e. The second kappa shape index (κ2) is 14.6. The number of amides is 2. The molecule has 3 aromatic rings. The van der Waals surface area contributed by atoms with Crippen molar-refractivity contribution in [3.63, 3.8) is 0 Å². The van der Waals surface area contributed by atoms with Crippen molar-refractivity contribution in [1.82, 2.24) is 20.8 Å². The van der Waals surface area contributed by atoms with Gasteiger partial charge in [-0.1, -0.05) is 35.5 Å². The van der Waals surface area contributed by atoms with Crippen LogP contribution in [0.2, 0.25) is 0 Å². The average Bonchev–Trinajstić information content (AvgIpc) is 3.35. The van der Waals surface area contributed by atoms with Crippen molar-refractivity contribution in [2.24, 2.45) is 22.2 Å². The maximum atomic E-state index is 13.3. The predicted octanol–water partition coefficient (Wildman–Crippen LogP) is 1.10. The maximum Gasteiger partial charge on any atom is 0.246 e. The Hall–Kier alpha value is -4.45. The fourth-order valence-electron chi connectivity index (χ4n) is 4.30. The van der Waals surface area contributed by atoms with Crippen LogP contribution in [0, 0.1) is 13.8 Å². The standard InChI is InChI=1S/C28H38N8O4/c1-17-12-20(37)13-18(2)21(17)15-23(34-26(38)22(29)10-6-7-11-32-28(30)31)27(39)33-16-25-35-24(36-40-25)14-19-8-4-3-5-9-19/h3-5,8-9,12-13,22-23,37H,6-7,10-11,14-16,29H2,1-2H3,(H,33,39)(H,34,38)(H4,30,31,32)/t22-,23-/m1/s1. The number of aromatic nitrogens is 2. The highest BCUT2D eigenvalue weighted by Gasteiger charge is 2.26. The zero-order chi connectivity index (χ0) is 29.1. The van der Waals surface area contributed by atoms with Crippen LogP contribution in [0.1, 0.15) is 53.2 Å². The Morgan fingerprint density at radius 1 is 1.07 bits per heavy atom. The minimum atomic E-state index is -0.922. The van der Waals surface area contributed by atoms with Crippen LogP contribution in [-0.4, -0.2) is 51.6 Å². The van der Waals surface area contributed by atoms with Gasteiger partial charge in [-0.3, -0.25) is 14.6 Å². The Morgan fingerprint density at radius 2 is 1.77 bits per heavy atom. The van der Waals surface area contributed by atoms with E-state index < -0.39 is 23.9 Å². The number of nitrogens with one attached hydrogen (secondary N) is 2. The molecule has 214 valence electrons. The van der Waals surface area contributed by atoms with E-state index in [0.717, 1.165) is 22.3 Å². The van der Waals surface area contributed by atoms with E-state index in [4.69, 9.17) is 21.7 Å². The number of unbranched alkanes of at least 4 members (excludes halogenated alkanes) is 1. The van der Waals surface area contributed by atoms with Crippen molar-refractivity contribution >= 4 is 17.8 Å². The van der Waals surface area contributed by atoms with E-state index in [0.29, 0.717) is 38.1 Å². The summed E-state index contributed by atoms with van der Waals surface area (Å²) >= 11 is 0. The summed E-state index contributed by atoms with van der Waals surface area (Å²) in [6.45, 7) is 4.13. The zero-order valence-electron chi connectivity index (χ0n) is 22.9. The number of benzene rings is 2. The number of aryl methyl sites for hydroxylation is 2. The van der Waals surface area contributed by atoms with Crippen LogP contribution in [0.25, 0.3) is 0 Å². The number of guanidine groups is 1. The van der Waals surface area contributed by atoms with Crippen molar-refractivity contribution in [1.29, 1.82) is 0 Å². The number of phenolic OH excluding ortho intramolecular Hbond substituents is 1. The lowest BCUT2D eigenvalue weighted by Crippen LogP contribution is -2.52. The molecule has 12 heteroatoms. The number of rotatable bonds is 14. The number of phenols is 1. The highest BCUT2D eigenvalue weighted by atomic mass is 16.5. The van der Waals surface area contributed by atoms with Gasteiger partial charge in [-0.05, 0) is 67.5 Å². The zero-order valence-corrected chi connectivity index (χ0v) is 22.9. The van der Waals surface area contributed by atoms with Gasteiger partial charge in [0.25, 0.3) is 0 Å². The monoisotopic (exact) mass is 550 g/mol. The van der Waals surface area contributed by atoms with Crippen molar-refractivity contribution in [2.45, 2.75) is 64.6 Å². The summed E-state index contributed by atoms with van der Waals surface area (Å²) in [4.78, 5) is 34.5. The topological polar surface area (TPSA) is 208 Å². The molecule has 0 bridgehead atoms. The Morgan fingerprint density at radius 3 is 2.45 bits per heavy atom. The molecule has 3 rings (SSSR count). The average molecular weight is 551 g/mol. The predicted molar refractivity (Wildman–Crippen MR) is 151 cm³/mol. The Balaban J connectivity index is 1.65. The van der Waals surface area contributed by atoms with E-state index in [9.17, 15) is 14.7 Å². The lowest BCUT2D eigenvalue weighted by Gasteiger charge is -2.22. The number of nitrogens with zero attached hydrogens (tertiary/aromatic N) is 3. The summed E-state index contributed by atoms with van der Waals surface area (Å²) in [7, 11) is 0. The van der Waals surface area contributed by atoms with Gasteiger partial charge in [0.1, 0.15) is 11.8 Å². The van der Waals surface area contributed by atoms with Crippen molar-refractivity contribution in [3.8, 4) is 5.75 Å². The van der Waals surface area contributed by atoms with Crippen molar-refractivity contribution in [3.05, 3.63) is 76.4 Å². The Labute approximate surface area is 233 Å². The first-order valence-electron chi connectivity index (χ1n) is 13.2. The first-order valence-corrected chi connectivity index (χ1v) is 13.2. The number of nitrogens with two attached hydrogens (primary N) is 3. The number of carbonyl (C=O) groups excluding carboxylic acids is 2. The molecular weight excluding hydrogens is 512 g/mol. The fraction of sp³-hybridized carbons (Fsp3) is 0.393. The third-order valence-corrected chi connectivity index (χ3v) is 6.41. The lowest BCUT2D eigenvalue weighted by atomic mass is 9.95. The number of aliphatic imine (C=N–C) groups is 1. The summed E-state index contributed by atoms with van der Waals surface area (Å²) in [5.41, 5.74) is 20.2. The van der Waals surface area contributed by atoms with Crippen LogP contribution < -0.4 is 27.8 Å². The number of carbonyl (C=O) groups is 2. The lowest BCUT2D eigenvalue weighted by molar-refractivity contribution is -0.129. The largest absolute Gasteiger partial charge is 0.508 e. The molecule has 12 nitrogen and oxygen atoms in total. The molecule has 0 aliphatic carbocycles. The van der Waals surface area contributed by atoms with Crippen molar-refractivity contribution in [2.75, 3.05) is 6.54 Å². The van der Waals surface area contributed by atoms with Crippen LogP contribution >= 0.6 is 0 Å². The third kappa shape index (κ3) is 9.38. The molecule has 2 aromatic carbocycles. The molecule has 0 fully saturated rings. The molecule has 0 saturated heterocycles. The van der Waals surface area contributed by atoms with Gasteiger partial charge in [0.05, 0.1) is 12.6 Å². The van der Waals surface area contributed by atoms with Gasteiger partial charge in [-0.2, -0.15) is 4.98 Å². The van der Waals surface area contributed by atoms with E-state index in [1.165, 1.54) is 0 Å². The minimum absolute atomic E-state index is 0.00260. The fourth-order valence-corrected chi connectivity index (χ4v) is 4.30. The van der Waals surface area contributed by atoms with Crippen molar-refractivity contribution < 1.29 is 19.2 Å². The van der Waals surface area contributed by atoms with Gasteiger partial charge in [0.15, 0.2) is 11.8 Å². The molecule has 9 N–H and O–H groups in total. The third-order valence-electron chi connectivity index (χ3n) is 6.41. The van der Waals surface area contributed by atoms with Gasteiger partial charge >= 0.3 is 0 Å². The number of hydrogen-bond acceptors (Lipinski definition) is 8. The molecule has 0 aliphatic heterocycles. The van der Waals surface area contributed by atoms with Crippen LogP contribution in [0.5, 0.6) is 5.75 Å². The number of aromatic hydroxyl groups is 1. The molecule has 2 amide bonds. The van der Waals surface area contributed by atoms with Crippen LogP contribution in [0.3, 0.4) is 0 Å². The van der Waals surface area contributed by atoms with Gasteiger partial charge in [0.2, 0.25) is 17.7 Å². The number of hydrogen-bond donors (Lipinski definition) is 6. The molecule has 1 heterocycles. The molecule has 0 radical (unpaired) electrons. The second-order valence-electron chi connectivity index (χ2n) is 9.72. The highest BCUT2D eigenvalue weighted by molar-refractivity contribution is 5.90. The second-order valence-corrected chi connectivity index (χ2v) is 9.72. The van der Waals surface area contributed by atoms with Crippen LogP contribution in [0.4, 0.5) is 0 Å². The molecule has 2 atom stereocenters. The SMILES string of the molecule is Cc1cc(O)cc(C)c1C[C@@H](NC(=O)[C@H](N)CCCCN=C(N)N)C(=O)NCc1nc(Cc2ccccc2)no1. The summed E-state index contributed by atoms with van der Waals surface area (Å²) in [6, 6.07) is 11.2. The smallest absolute Gasteiger partial charge is 0.246 e. The molecule has 40 heavy (non-hydrogen) atoms. The quantitative estimate of drug-likeness (QED) is 0.0963. The van der Waals surface area contributed by atoms with E-state index in [1.807, 2.05) is 44.2 Å². The van der Waals surface area contributed by atoms with E-state index >= 15 is 0 Å². The van der Waals surface area contributed by atoms with E-state index in [2.05, 4.69) is 25.8 Å². The Bertz CT molecular complexity index is 1280. The first kappa shape index (κ1) is 30.1. The maximum absolute atomic E-state index is 13.3. The van der Waals surface area contributed by atoms with Gasteiger partial charge in [-0.15, -0.1) is 0 Å². The van der Waals surface area contributed by atoms with E-state index in [-0.39, 0.29) is 30.6 Å². The molecule has 0 saturated carbocycles. The molecule has 0 unspecified atom stereocenters. The van der Waals surface area contributed by atoms with Crippen LogP contribution in [0.15, 0.2) is 52.0 Å². The van der Waals surface area contributed by atoms with Gasteiger partial charge in [0, 0.05) is 19.4 Å². The van der Waals surface area contributed by atoms with Gasteiger partial charge < -0.3 is 37.5 Å². The normalized spacial score (nSPS) is 12.4. The van der Waals surface area contributed by atoms with Gasteiger partial charge in [-0.25, -0.2) is 0 Å². The summed E-state index contributed by atoms with van der Waals surface area (Å²) in [5.74, 6) is 0.0280. The molecular formula is C28H38N8O4. The highest BCUT2D eigenvalue weighted by Crippen LogP contribution is 2.22. The molecule has 0 aliphatic rings. The molecule has 1 aromatic heterocycles.